The maximum atomic E-state index is 11.4. The van der Waals surface area contributed by atoms with Crippen LogP contribution < -0.4 is 10.6 Å². The van der Waals surface area contributed by atoms with Crippen molar-refractivity contribution in [3.8, 4) is 0 Å². The van der Waals surface area contributed by atoms with Gasteiger partial charge in [0.25, 0.3) is 0 Å². The third-order valence-corrected chi connectivity index (χ3v) is 2.94. The second-order valence-electron chi connectivity index (χ2n) is 4.98. The number of hydrogen-bond acceptors (Lipinski definition) is 2. The molecule has 14 heavy (non-hydrogen) atoms. The molecule has 3 nitrogen and oxygen atoms in total. The zero-order valence-corrected chi connectivity index (χ0v) is 9.52. The quantitative estimate of drug-likeness (QED) is 0.699. The summed E-state index contributed by atoms with van der Waals surface area (Å²) in [5.74, 6) is 0.117. The summed E-state index contributed by atoms with van der Waals surface area (Å²) >= 11 is 0. The smallest absolute Gasteiger partial charge is 0.233 e. The zero-order chi connectivity index (χ0) is 10.6. The number of hydrogen-bond donors (Lipinski definition) is 2. The molecular weight excluding hydrogens is 176 g/mol. The second-order valence-corrected chi connectivity index (χ2v) is 4.98. The molecule has 0 saturated heterocycles. The molecule has 1 saturated carbocycles. The second kappa shape index (κ2) is 4.78. The molecule has 0 bridgehead atoms. The predicted molar refractivity (Wildman–Crippen MR) is 58.1 cm³/mol. The van der Waals surface area contributed by atoms with E-state index in [2.05, 4.69) is 17.6 Å². The number of amides is 1. The highest BCUT2D eigenvalue weighted by molar-refractivity contribution is 5.78. The molecule has 0 aromatic carbocycles. The molecule has 3 heteroatoms. The van der Waals surface area contributed by atoms with Crippen molar-refractivity contribution in [2.75, 3.05) is 13.1 Å². The van der Waals surface area contributed by atoms with Gasteiger partial charge in [-0.3, -0.25) is 4.79 Å². The van der Waals surface area contributed by atoms with Crippen LogP contribution in [0.4, 0.5) is 0 Å². The summed E-state index contributed by atoms with van der Waals surface area (Å²) in [6.07, 6.45) is 3.83. The maximum Gasteiger partial charge on any atom is 0.233 e. The fourth-order valence-corrected chi connectivity index (χ4v) is 1.63. The minimum Gasteiger partial charge on any atom is -0.354 e. The Morgan fingerprint density at radius 3 is 2.50 bits per heavy atom. The molecule has 0 aromatic heterocycles. The summed E-state index contributed by atoms with van der Waals surface area (Å²) in [5, 5.41) is 6.08. The summed E-state index contributed by atoms with van der Waals surface area (Å²) in [6, 6.07) is 0.375. The normalized spacial score (nSPS) is 19.1. The first-order valence-electron chi connectivity index (χ1n) is 5.52. The van der Waals surface area contributed by atoms with Crippen molar-refractivity contribution >= 4 is 5.91 Å². The van der Waals surface area contributed by atoms with Gasteiger partial charge in [0.05, 0.1) is 6.54 Å². The van der Waals surface area contributed by atoms with Crippen LogP contribution >= 0.6 is 0 Å². The first-order chi connectivity index (χ1) is 6.52. The van der Waals surface area contributed by atoms with E-state index in [4.69, 9.17) is 0 Å². The van der Waals surface area contributed by atoms with Crippen LogP contribution in [0, 0.1) is 5.41 Å². The van der Waals surface area contributed by atoms with Crippen molar-refractivity contribution in [1.29, 1.82) is 0 Å². The highest BCUT2D eigenvalue weighted by Crippen LogP contribution is 2.39. The van der Waals surface area contributed by atoms with E-state index in [0.29, 0.717) is 18.0 Å². The number of nitrogens with one attached hydrogen (secondary N) is 2. The fourth-order valence-electron chi connectivity index (χ4n) is 1.63. The molecule has 0 atom stereocenters. The molecule has 82 valence electrons. The van der Waals surface area contributed by atoms with Gasteiger partial charge < -0.3 is 10.6 Å². The van der Waals surface area contributed by atoms with Crippen LogP contribution in [0.15, 0.2) is 0 Å². The van der Waals surface area contributed by atoms with Gasteiger partial charge >= 0.3 is 0 Å². The van der Waals surface area contributed by atoms with Crippen molar-refractivity contribution in [1.82, 2.24) is 10.6 Å². The lowest BCUT2D eigenvalue weighted by Crippen LogP contribution is -2.43. The van der Waals surface area contributed by atoms with Crippen LogP contribution in [-0.4, -0.2) is 25.0 Å². The third-order valence-electron chi connectivity index (χ3n) is 2.94. The Morgan fingerprint density at radius 2 is 2.07 bits per heavy atom. The molecule has 0 aromatic rings. The SMILES string of the molecule is CC(C)NCC(=O)NCC1(C)CCC1. The van der Waals surface area contributed by atoms with Gasteiger partial charge in [0.1, 0.15) is 0 Å². The van der Waals surface area contributed by atoms with E-state index in [1.807, 2.05) is 13.8 Å². The van der Waals surface area contributed by atoms with Crippen LogP contribution in [0.2, 0.25) is 0 Å². The molecule has 0 spiro atoms. The summed E-state index contributed by atoms with van der Waals surface area (Å²) in [5.41, 5.74) is 0.382. The van der Waals surface area contributed by atoms with E-state index in [1.54, 1.807) is 0 Å². The van der Waals surface area contributed by atoms with E-state index in [-0.39, 0.29) is 5.91 Å². The van der Waals surface area contributed by atoms with Gasteiger partial charge in [-0.1, -0.05) is 27.2 Å². The van der Waals surface area contributed by atoms with Gasteiger partial charge in [-0.05, 0) is 18.3 Å². The van der Waals surface area contributed by atoms with Crippen LogP contribution in [0.25, 0.3) is 0 Å². The molecule has 1 aliphatic carbocycles. The standard InChI is InChI=1S/C11H22N2O/c1-9(2)12-7-10(14)13-8-11(3)5-4-6-11/h9,12H,4-8H2,1-3H3,(H,13,14). The topological polar surface area (TPSA) is 41.1 Å². The molecule has 1 rings (SSSR count). The molecule has 1 fully saturated rings. The van der Waals surface area contributed by atoms with Gasteiger partial charge in [-0.2, -0.15) is 0 Å². The van der Waals surface area contributed by atoms with Gasteiger partial charge in [0.15, 0.2) is 0 Å². The van der Waals surface area contributed by atoms with Gasteiger partial charge in [-0.25, -0.2) is 0 Å². The molecule has 2 N–H and O–H groups in total. The maximum absolute atomic E-state index is 11.4. The van der Waals surface area contributed by atoms with Gasteiger partial charge in [-0.15, -0.1) is 0 Å². The van der Waals surface area contributed by atoms with E-state index in [0.717, 1.165) is 6.54 Å². The predicted octanol–water partition coefficient (Wildman–Crippen LogP) is 1.29. The number of carbonyl (C=O) groups excluding carboxylic acids is 1. The van der Waals surface area contributed by atoms with Crippen LogP contribution in [-0.2, 0) is 4.79 Å². The fraction of sp³-hybridized carbons (Fsp3) is 0.909. The molecule has 1 aliphatic rings. The summed E-state index contributed by atoms with van der Waals surface area (Å²) < 4.78 is 0. The molecule has 0 radical (unpaired) electrons. The highest BCUT2D eigenvalue weighted by atomic mass is 16.1. The first kappa shape index (κ1) is 11.5. The van der Waals surface area contributed by atoms with E-state index in [9.17, 15) is 4.79 Å². The molecule has 0 aliphatic heterocycles. The Labute approximate surface area is 86.6 Å². The Bertz CT molecular complexity index is 197. The van der Waals surface area contributed by atoms with Crippen molar-refractivity contribution in [3.63, 3.8) is 0 Å². The largest absolute Gasteiger partial charge is 0.354 e. The lowest BCUT2D eigenvalue weighted by Gasteiger charge is -2.38. The molecule has 0 unspecified atom stereocenters. The van der Waals surface area contributed by atoms with E-state index in [1.165, 1.54) is 19.3 Å². The zero-order valence-electron chi connectivity index (χ0n) is 9.52. The van der Waals surface area contributed by atoms with Crippen molar-refractivity contribution in [2.24, 2.45) is 5.41 Å². The van der Waals surface area contributed by atoms with Crippen LogP contribution in [0.1, 0.15) is 40.0 Å². The lowest BCUT2D eigenvalue weighted by atomic mass is 9.70. The Morgan fingerprint density at radius 1 is 1.43 bits per heavy atom. The van der Waals surface area contributed by atoms with E-state index < -0.39 is 0 Å². The van der Waals surface area contributed by atoms with Crippen molar-refractivity contribution < 1.29 is 4.79 Å². The Kier molecular flexibility index (Phi) is 3.93. The minimum atomic E-state index is 0.117. The average Bonchev–Trinajstić information content (AvgIpc) is 2.08. The number of carbonyl (C=O) groups is 1. The first-order valence-corrected chi connectivity index (χ1v) is 5.52. The highest BCUT2D eigenvalue weighted by Gasteiger charge is 2.31. The minimum absolute atomic E-state index is 0.117. The average molecular weight is 198 g/mol. The Balaban J connectivity index is 2.08. The molecule has 1 amide bonds. The Hall–Kier alpha value is -0.570. The summed E-state index contributed by atoms with van der Waals surface area (Å²) in [7, 11) is 0. The van der Waals surface area contributed by atoms with Gasteiger partial charge in [0, 0.05) is 12.6 Å². The third kappa shape index (κ3) is 3.66. The van der Waals surface area contributed by atoms with Crippen molar-refractivity contribution in [2.45, 2.75) is 46.1 Å². The van der Waals surface area contributed by atoms with Crippen LogP contribution in [0.5, 0.6) is 0 Å². The molecular formula is C11H22N2O. The summed E-state index contributed by atoms with van der Waals surface area (Å²) in [6.45, 7) is 7.60. The van der Waals surface area contributed by atoms with E-state index >= 15 is 0 Å². The van der Waals surface area contributed by atoms with Crippen LogP contribution in [0.3, 0.4) is 0 Å². The van der Waals surface area contributed by atoms with Crippen molar-refractivity contribution in [3.05, 3.63) is 0 Å². The number of rotatable bonds is 5. The monoisotopic (exact) mass is 198 g/mol. The lowest BCUT2D eigenvalue weighted by molar-refractivity contribution is -0.121. The van der Waals surface area contributed by atoms with Gasteiger partial charge in [0.2, 0.25) is 5.91 Å². The molecule has 0 heterocycles. The summed E-state index contributed by atoms with van der Waals surface area (Å²) in [4.78, 5) is 11.4.